The molecule has 2 N–H and O–H groups in total. The second-order valence-electron chi connectivity index (χ2n) is 10.9. The molecule has 0 aliphatic heterocycles. The van der Waals surface area contributed by atoms with Crippen LogP contribution in [0.4, 0.5) is 13.2 Å². The fourth-order valence-electron chi connectivity index (χ4n) is 5.00. The van der Waals surface area contributed by atoms with Gasteiger partial charge in [0.25, 0.3) is 5.91 Å². The molecule has 0 saturated heterocycles. The number of carboxylic acid groups (broad SMARTS) is 1. The summed E-state index contributed by atoms with van der Waals surface area (Å²) < 4.78 is 42.4. The number of rotatable bonds is 12. The first-order valence-corrected chi connectivity index (χ1v) is 14.3. The summed E-state index contributed by atoms with van der Waals surface area (Å²) in [5.41, 5.74) is 1.40. The molecule has 4 aromatic rings. The number of amides is 1. The zero-order valence-electron chi connectivity index (χ0n) is 23.7. The Morgan fingerprint density at radius 1 is 0.953 bits per heavy atom. The van der Waals surface area contributed by atoms with Gasteiger partial charge in [0.1, 0.15) is 0 Å². The minimum Gasteiger partial charge on any atom is -0.481 e. The van der Waals surface area contributed by atoms with Gasteiger partial charge in [-0.15, -0.1) is 0 Å². The average molecular weight is 613 g/mol. The Balaban J connectivity index is 1.69. The van der Waals surface area contributed by atoms with Crippen LogP contribution in [0.2, 0.25) is 5.02 Å². The maximum Gasteiger partial charge on any atom is 0.416 e. The summed E-state index contributed by atoms with van der Waals surface area (Å²) in [6, 6.07) is 18.3. The van der Waals surface area contributed by atoms with Crippen molar-refractivity contribution in [3.63, 3.8) is 0 Å². The molecule has 0 unspecified atom stereocenters. The Morgan fingerprint density at radius 2 is 1.67 bits per heavy atom. The molecule has 0 aliphatic rings. The minimum absolute atomic E-state index is 0.00673. The number of carbonyl (C=O) groups excluding carboxylic acids is 2. The van der Waals surface area contributed by atoms with Crippen LogP contribution < -0.4 is 5.32 Å². The van der Waals surface area contributed by atoms with Gasteiger partial charge in [-0.3, -0.25) is 14.4 Å². The Hall–Kier alpha value is -4.11. The van der Waals surface area contributed by atoms with Crippen LogP contribution in [-0.4, -0.2) is 33.9 Å². The monoisotopic (exact) mass is 612 g/mol. The standard InChI is InChI=1S/C33H32ClF3N2O4/c1-20(2)6-9-23(16-21-7-10-22(11-8-21)32(43)38-15-14-30(40)41)31(42)29-18-24-17-26(34)12-13-28(24)39(29)27-5-3-4-25(19-27)33(35,36)37/h3-5,7-8,10-13,17-20,23H,6,9,14-16H2,1-2H3,(H,38,43)(H,40,41)/t23-/m1/s1. The molecule has 226 valence electrons. The Kier molecular flexibility index (Phi) is 9.96. The van der Waals surface area contributed by atoms with Crippen molar-refractivity contribution >= 4 is 40.2 Å². The molecule has 1 heterocycles. The summed E-state index contributed by atoms with van der Waals surface area (Å²) >= 11 is 6.22. The number of fused-ring (bicyclic) bond motifs is 1. The fourth-order valence-corrected chi connectivity index (χ4v) is 5.18. The topological polar surface area (TPSA) is 88.4 Å². The van der Waals surface area contributed by atoms with Crippen molar-refractivity contribution in [2.45, 2.75) is 45.7 Å². The second-order valence-corrected chi connectivity index (χ2v) is 11.4. The number of alkyl halides is 3. The van der Waals surface area contributed by atoms with E-state index < -0.39 is 29.5 Å². The van der Waals surface area contributed by atoms with E-state index in [2.05, 4.69) is 19.2 Å². The van der Waals surface area contributed by atoms with E-state index in [1.54, 1.807) is 59.2 Å². The lowest BCUT2D eigenvalue weighted by Gasteiger charge is -2.20. The molecular formula is C33H32ClF3N2O4. The Labute approximate surface area is 252 Å². The SMILES string of the molecule is CC(C)CC[C@H](Cc1ccc(C(=O)NCCC(=O)O)cc1)C(=O)c1cc2cc(Cl)ccc2n1-c1cccc(C(F)(F)F)c1. The Morgan fingerprint density at radius 3 is 2.33 bits per heavy atom. The highest BCUT2D eigenvalue weighted by molar-refractivity contribution is 6.31. The van der Waals surface area contributed by atoms with Crippen LogP contribution >= 0.6 is 11.6 Å². The maximum atomic E-state index is 14.3. The van der Waals surface area contributed by atoms with Gasteiger partial charge in [0, 0.05) is 34.1 Å². The molecule has 0 fully saturated rings. The van der Waals surface area contributed by atoms with Gasteiger partial charge in [-0.1, -0.05) is 50.1 Å². The fraction of sp³-hybridized carbons (Fsp3) is 0.303. The van der Waals surface area contributed by atoms with Gasteiger partial charge in [-0.2, -0.15) is 13.2 Å². The van der Waals surface area contributed by atoms with Crippen molar-refractivity contribution in [1.29, 1.82) is 0 Å². The highest BCUT2D eigenvalue weighted by Gasteiger charge is 2.31. The van der Waals surface area contributed by atoms with E-state index in [0.717, 1.165) is 24.1 Å². The van der Waals surface area contributed by atoms with E-state index in [4.69, 9.17) is 16.7 Å². The summed E-state index contributed by atoms with van der Waals surface area (Å²) in [7, 11) is 0. The van der Waals surface area contributed by atoms with Crippen molar-refractivity contribution in [1.82, 2.24) is 9.88 Å². The number of aliphatic carboxylic acids is 1. The predicted molar refractivity (Wildman–Crippen MR) is 160 cm³/mol. The zero-order chi connectivity index (χ0) is 31.3. The molecule has 4 rings (SSSR count). The lowest BCUT2D eigenvalue weighted by atomic mass is 9.87. The van der Waals surface area contributed by atoms with Crippen LogP contribution in [-0.2, 0) is 17.4 Å². The van der Waals surface area contributed by atoms with E-state index in [1.165, 1.54) is 6.07 Å². The van der Waals surface area contributed by atoms with Crippen LogP contribution in [0, 0.1) is 11.8 Å². The first-order chi connectivity index (χ1) is 20.3. The van der Waals surface area contributed by atoms with Crippen molar-refractivity contribution in [3.05, 3.63) is 100 Å². The smallest absolute Gasteiger partial charge is 0.416 e. The number of nitrogens with zero attached hydrogens (tertiary/aromatic N) is 1. The molecule has 43 heavy (non-hydrogen) atoms. The van der Waals surface area contributed by atoms with E-state index >= 15 is 0 Å². The molecular weight excluding hydrogens is 581 g/mol. The first-order valence-electron chi connectivity index (χ1n) is 13.9. The molecule has 0 spiro atoms. The molecule has 1 atom stereocenters. The number of nitrogens with one attached hydrogen (secondary N) is 1. The van der Waals surface area contributed by atoms with Crippen molar-refractivity contribution in [3.8, 4) is 5.69 Å². The van der Waals surface area contributed by atoms with E-state index in [-0.39, 0.29) is 30.1 Å². The third-order valence-corrected chi connectivity index (χ3v) is 7.47. The first kappa shape index (κ1) is 31.8. The van der Waals surface area contributed by atoms with E-state index in [0.29, 0.717) is 40.2 Å². The van der Waals surface area contributed by atoms with Gasteiger partial charge in [-0.05, 0) is 78.9 Å². The van der Waals surface area contributed by atoms with Crippen LogP contribution in [0.5, 0.6) is 0 Å². The molecule has 0 radical (unpaired) electrons. The summed E-state index contributed by atoms with van der Waals surface area (Å²) in [5.74, 6) is -1.78. The van der Waals surface area contributed by atoms with Crippen LogP contribution in [0.15, 0.2) is 72.8 Å². The summed E-state index contributed by atoms with van der Waals surface area (Å²) in [5, 5.41) is 12.4. The lowest BCUT2D eigenvalue weighted by Crippen LogP contribution is -2.26. The number of Topliss-reactive ketones (excluding diaryl/α,β-unsaturated/α-hetero) is 1. The van der Waals surface area contributed by atoms with Gasteiger partial charge >= 0.3 is 12.1 Å². The molecule has 0 saturated carbocycles. The zero-order valence-corrected chi connectivity index (χ0v) is 24.5. The van der Waals surface area contributed by atoms with Crippen molar-refractivity contribution < 1.29 is 32.7 Å². The third-order valence-electron chi connectivity index (χ3n) is 7.23. The molecule has 1 amide bonds. The van der Waals surface area contributed by atoms with E-state index in [1.807, 2.05) is 0 Å². The highest BCUT2D eigenvalue weighted by atomic mass is 35.5. The number of aromatic nitrogens is 1. The third kappa shape index (κ3) is 8.04. The normalized spacial score (nSPS) is 12.4. The number of halogens is 4. The number of carbonyl (C=O) groups is 3. The Bertz CT molecular complexity index is 1630. The summed E-state index contributed by atoms with van der Waals surface area (Å²) in [6.07, 6.45) is -3.06. The molecule has 0 bridgehead atoms. The van der Waals surface area contributed by atoms with Gasteiger partial charge < -0.3 is 15.0 Å². The average Bonchev–Trinajstić information content (AvgIpc) is 3.33. The maximum absolute atomic E-state index is 14.3. The highest BCUT2D eigenvalue weighted by Crippen LogP contribution is 2.34. The van der Waals surface area contributed by atoms with Gasteiger partial charge in [0.05, 0.1) is 23.2 Å². The van der Waals surface area contributed by atoms with Crippen LogP contribution in [0.3, 0.4) is 0 Å². The lowest BCUT2D eigenvalue weighted by molar-refractivity contribution is -0.138. The van der Waals surface area contributed by atoms with Crippen molar-refractivity contribution in [2.75, 3.05) is 6.54 Å². The molecule has 10 heteroatoms. The number of ketones is 1. The van der Waals surface area contributed by atoms with Gasteiger partial charge in [-0.25, -0.2) is 0 Å². The molecule has 6 nitrogen and oxygen atoms in total. The van der Waals surface area contributed by atoms with Gasteiger partial charge in [0.2, 0.25) is 0 Å². The number of benzene rings is 3. The predicted octanol–water partition coefficient (Wildman–Crippen LogP) is 7.99. The quantitative estimate of drug-likeness (QED) is 0.159. The van der Waals surface area contributed by atoms with Crippen LogP contribution in [0.25, 0.3) is 16.6 Å². The number of carboxylic acids is 1. The molecule has 1 aromatic heterocycles. The summed E-state index contributed by atoms with van der Waals surface area (Å²) in [4.78, 5) is 37.3. The molecule has 3 aromatic carbocycles. The number of hydrogen-bond acceptors (Lipinski definition) is 3. The van der Waals surface area contributed by atoms with Crippen molar-refractivity contribution in [2.24, 2.45) is 11.8 Å². The van der Waals surface area contributed by atoms with Crippen LogP contribution in [0.1, 0.15) is 65.1 Å². The summed E-state index contributed by atoms with van der Waals surface area (Å²) in [6.45, 7) is 4.12. The second kappa shape index (κ2) is 13.5. The largest absolute Gasteiger partial charge is 0.481 e. The number of hydrogen-bond donors (Lipinski definition) is 2. The molecule has 0 aliphatic carbocycles. The van der Waals surface area contributed by atoms with Gasteiger partial charge in [0.15, 0.2) is 5.78 Å². The minimum atomic E-state index is -4.55. The van der Waals surface area contributed by atoms with E-state index in [9.17, 15) is 27.6 Å².